The number of carbonyl (C=O) groups is 1. The number of ether oxygens (including phenoxy) is 1. The third-order valence-electron chi connectivity index (χ3n) is 5.63. The predicted octanol–water partition coefficient (Wildman–Crippen LogP) is 1.52. The van der Waals surface area contributed by atoms with E-state index >= 15 is 4.39 Å². The Labute approximate surface area is 180 Å². The predicted molar refractivity (Wildman–Crippen MR) is 114 cm³/mol. The number of pyridine rings is 1. The highest BCUT2D eigenvalue weighted by molar-refractivity contribution is 5.99. The molecule has 0 unspecified atom stereocenters. The van der Waals surface area contributed by atoms with Gasteiger partial charge in [-0.25, -0.2) is 19.2 Å². The normalized spacial score (nSPS) is 15.7. The molecular weight excluding hydrogens is 421 g/mol. The average Bonchev–Trinajstić information content (AvgIpc) is 2.78. The van der Waals surface area contributed by atoms with Gasteiger partial charge in [-0.15, -0.1) is 0 Å². The molecule has 32 heavy (non-hydrogen) atoms. The smallest absolute Gasteiger partial charge is 0.341 e. The number of benzene rings is 1. The van der Waals surface area contributed by atoms with Crippen LogP contribution in [0.15, 0.2) is 36.0 Å². The third kappa shape index (κ3) is 3.01. The second-order valence-corrected chi connectivity index (χ2v) is 7.55. The molecule has 1 fully saturated rings. The van der Waals surface area contributed by atoms with Gasteiger partial charge >= 0.3 is 5.97 Å². The fraction of sp³-hybridized carbons (Fsp3) is 0.238. The molecule has 4 heterocycles. The quantitative estimate of drug-likeness (QED) is 0.626. The topological polar surface area (TPSA) is 121 Å². The number of nitrogens with zero attached hydrogens (tertiary/aromatic N) is 5. The molecule has 0 bridgehead atoms. The molecule has 0 radical (unpaired) electrons. The lowest BCUT2D eigenvalue weighted by Crippen LogP contribution is -2.47. The minimum absolute atomic E-state index is 0.0273. The summed E-state index contributed by atoms with van der Waals surface area (Å²) in [6, 6.07) is 1.07. The van der Waals surface area contributed by atoms with Crippen LogP contribution < -0.4 is 20.0 Å². The van der Waals surface area contributed by atoms with E-state index < -0.39 is 22.8 Å². The van der Waals surface area contributed by atoms with Crippen molar-refractivity contribution in [2.75, 3.05) is 42.6 Å². The van der Waals surface area contributed by atoms with E-state index in [0.29, 0.717) is 43.3 Å². The largest absolute Gasteiger partial charge is 0.505 e. The number of carboxylic acid groups (broad SMARTS) is 1. The lowest BCUT2D eigenvalue weighted by atomic mass is 10.1. The summed E-state index contributed by atoms with van der Waals surface area (Å²) < 4.78 is 22.6. The summed E-state index contributed by atoms with van der Waals surface area (Å²) in [6.07, 6.45) is 3.84. The van der Waals surface area contributed by atoms with Crippen molar-refractivity contribution in [1.82, 2.24) is 14.5 Å². The molecule has 2 aliphatic rings. The fourth-order valence-corrected chi connectivity index (χ4v) is 4.08. The first-order valence-corrected chi connectivity index (χ1v) is 9.82. The van der Waals surface area contributed by atoms with E-state index in [1.54, 1.807) is 0 Å². The second-order valence-electron chi connectivity index (χ2n) is 7.55. The molecule has 3 aromatic rings. The molecule has 11 heteroatoms. The first-order valence-electron chi connectivity index (χ1n) is 9.82. The summed E-state index contributed by atoms with van der Waals surface area (Å²) in [5.74, 6) is -1.43. The lowest BCUT2D eigenvalue weighted by molar-refractivity contribution is 0.0695. The van der Waals surface area contributed by atoms with Crippen LogP contribution >= 0.6 is 0 Å². The van der Waals surface area contributed by atoms with Gasteiger partial charge in [-0.3, -0.25) is 4.79 Å². The summed E-state index contributed by atoms with van der Waals surface area (Å²) >= 11 is 0. The minimum atomic E-state index is -1.39. The molecular formula is C21H18FN5O5. The lowest BCUT2D eigenvalue weighted by Gasteiger charge is -2.37. The molecule has 1 saturated heterocycles. The Morgan fingerprint density at radius 2 is 1.81 bits per heavy atom. The summed E-state index contributed by atoms with van der Waals surface area (Å²) in [6.45, 7) is 5.77. The van der Waals surface area contributed by atoms with Crippen LogP contribution in [0.4, 0.5) is 16.0 Å². The second kappa shape index (κ2) is 7.22. The number of carboxylic acids is 1. The molecule has 1 aromatic carbocycles. The van der Waals surface area contributed by atoms with Crippen LogP contribution in [0.2, 0.25) is 0 Å². The highest BCUT2D eigenvalue weighted by atomic mass is 19.1. The fourth-order valence-electron chi connectivity index (χ4n) is 4.08. The van der Waals surface area contributed by atoms with Crippen molar-refractivity contribution in [2.45, 2.75) is 0 Å². The number of halogens is 1. The van der Waals surface area contributed by atoms with Gasteiger partial charge in [-0.05, 0) is 6.07 Å². The van der Waals surface area contributed by atoms with E-state index in [2.05, 4.69) is 16.5 Å². The van der Waals surface area contributed by atoms with Crippen LogP contribution in [0.5, 0.6) is 11.5 Å². The molecule has 0 spiro atoms. The number of aromatic nitrogens is 3. The van der Waals surface area contributed by atoms with Gasteiger partial charge in [0.2, 0.25) is 11.4 Å². The Kier molecular flexibility index (Phi) is 4.47. The molecule has 10 nitrogen and oxygen atoms in total. The van der Waals surface area contributed by atoms with E-state index in [-0.39, 0.29) is 29.2 Å². The van der Waals surface area contributed by atoms with Crippen molar-refractivity contribution in [1.29, 1.82) is 0 Å². The highest BCUT2D eigenvalue weighted by Crippen LogP contribution is 2.41. The van der Waals surface area contributed by atoms with Crippen molar-refractivity contribution in [3.05, 3.63) is 52.8 Å². The van der Waals surface area contributed by atoms with Crippen LogP contribution in [0.3, 0.4) is 0 Å². The number of aromatic carboxylic acids is 1. The maximum Gasteiger partial charge on any atom is 0.341 e. The van der Waals surface area contributed by atoms with Crippen molar-refractivity contribution in [3.8, 4) is 11.5 Å². The van der Waals surface area contributed by atoms with Gasteiger partial charge in [0, 0.05) is 32.4 Å². The van der Waals surface area contributed by atoms with E-state index in [1.807, 2.05) is 9.80 Å². The molecule has 5 rings (SSSR count). The zero-order valence-corrected chi connectivity index (χ0v) is 16.8. The number of anilines is 2. The molecule has 2 N–H and O–H groups in total. The highest BCUT2D eigenvalue weighted by Gasteiger charge is 2.30. The van der Waals surface area contributed by atoms with Gasteiger partial charge in [0.1, 0.15) is 23.4 Å². The summed E-state index contributed by atoms with van der Waals surface area (Å²) in [5, 5.41) is 18.7. The number of rotatable bonds is 3. The number of hydrogen-bond acceptors (Lipinski definition) is 8. The molecule has 164 valence electrons. The first kappa shape index (κ1) is 19.8. The van der Waals surface area contributed by atoms with Crippen LogP contribution in [0, 0.1) is 5.82 Å². The third-order valence-corrected chi connectivity index (χ3v) is 5.63. The summed E-state index contributed by atoms with van der Waals surface area (Å²) in [5.41, 5.74) is -0.273. The Morgan fingerprint density at radius 3 is 2.47 bits per heavy atom. The molecule has 0 saturated carbocycles. The monoisotopic (exact) mass is 439 g/mol. The molecule has 2 aromatic heterocycles. The number of aromatic hydroxyl groups is 1. The first-order chi connectivity index (χ1) is 15.3. The van der Waals surface area contributed by atoms with Gasteiger partial charge in [-0.1, -0.05) is 6.58 Å². The Morgan fingerprint density at radius 1 is 1.16 bits per heavy atom. The van der Waals surface area contributed by atoms with Gasteiger partial charge < -0.3 is 29.3 Å². The van der Waals surface area contributed by atoms with Crippen molar-refractivity contribution in [3.63, 3.8) is 0 Å². The van der Waals surface area contributed by atoms with Gasteiger partial charge in [-0.2, -0.15) is 0 Å². The molecule has 0 amide bonds. The van der Waals surface area contributed by atoms with E-state index in [1.165, 1.54) is 23.2 Å². The zero-order valence-electron chi connectivity index (χ0n) is 16.8. The molecule has 0 atom stereocenters. The van der Waals surface area contributed by atoms with E-state index in [0.717, 1.165) is 6.07 Å². The average molecular weight is 439 g/mol. The summed E-state index contributed by atoms with van der Waals surface area (Å²) in [4.78, 5) is 36.1. The van der Waals surface area contributed by atoms with Crippen LogP contribution in [-0.2, 0) is 0 Å². The SMILES string of the molecule is C=C1COc2c(N3CCN(c4ncc(O)cn4)CC3)c(F)cc3c(=O)c(C(=O)O)cn1c23. The van der Waals surface area contributed by atoms with Crippen LogP contribution in [0.1, 0.15) is 10.4 Å². The Bertz CT molecular complexity index is 1330. The Hall–Kier alpha value is -4.15. The van der Waals surface area contributed by atoms with Crippen LogP contribution in [0.25, 0.3) is 16.6 Å². The van der Waals surface area contributed by atoms with Gasteiger partial charge in [0.15, 0.2) is 17.3 Å². The molecule has 2 aliphatic heterocycles. The number of piperazine rings is 1. The van der Waals surface area contributed by atoms with Gasteiger partial charge in [0.05, 0.1) is 23.5 Å². The van der Waals surface area contributed by atoms with E-state index in [9.17, 15) is 19.8 Å². The van der Waals surface area contributed by atoms with Crippen LogP contribution in [-0.4, -0.2) is 63.5 Å². The maximum absolute atomic E-state index is 15.3. The van der Waals surface area contributed by atoms with E-state index in [4.69, 9.17) is 4.74 Å². The molecule has 0 aliphatic carbocycles. The minimum Gasteiger partial charge on any atom is -0.505 e. The van der Waals surface area contributed by atoms with Crippen molar-refractivity contribution in [2.24, 2.45) is 0 Å². The Balaban J connectivity index is 1.56. The van der Waals surface area contributed by atoms with Crippen molar-refractivity contribution < 1.29 is 24.1 Å². The number of hydrogen-bond donors (Lipinski definition) is 2. The van der Waals surface area contributed by atoms with Crippen molar-refractivity contribution >= 4 is 34.2 Å². The van der Waals surface area contributed by atoms with Gasteiger partial charge in [0.25, 0.3) is 0 Å². The summed E-state index contributed by atoms with van der Waals surface area (Å²) in [7, 11) is 0. The standard InChI is InChI=1S/C21H18FN5O5/c1-11-10-32-19-16-13(18(29)14(20(30)31)9-27(11)16)6-15(22)17(19)25-2-4-26(5-3-25)21-23-7-12(28)8-24-21/h6-9,28H,1-5,10H2,(H,30,31). The maximum atomic E-state index is 15.3. The zero-order chi connectivity index (χ0) is 22.6.